The van der Waals surface area contributed by atoms with Crippen LogP contribution in [0.5, 0.6) is 0 Å². The Morgan fingerprint density at radius 1 is 0.900 bits per heavy atom. The number of aliphatic hydroxyl groups excluding tert-OH is 1. The van der Waals surface area contributed by atoms with Gasteiger partial charge in [-0.3, -0.25) is 4.79 Å². The average molecular weight is 423 g/mol. The highest BCUT2D eigenvalue weighted by Crippen LogP contribution is 2.31. The zero-order valence-electron chi connectivity index (χ0n) is 20.1. The molecule has 3 heteroatoms. The molecule has 0 bridgehead atoms. The first kappa shape index (κ1) is 27.2. The zero-order valence-corrected chi connectivity index (χ0v) is 20.1. The molecule has 0 aromatic rings. The van der Waals surface area contributed by atoms with Crippen molar-refractivity contribution in [2.75, 3.05) is 6.61 Å². The predicted molar refractivity (Wildman–Crippen MR) is 128 cm³/mol. The second kappa shape index (κ2) is 18.9. The number of hydrogen-bond acceptors (Lipinski definition) is 3. The molecule has 1 aliphatic heterocycles. The van der Waals surface area contributed by atoms with Gasteiger partial charge in [0.05, 0.1) is 0 Å². The number of carbonyl (C=O) groups excluding carboxylic acids is 1. The van der Waals surface area contributed by atoms with E-state index in [1.807, 2.05) is 0 Å². The van der Waals surface area contributed by atoms with E-state index in [9.17, 15) is 4.79 Å². The second-order valence-corrected chi connectivity index (χ2v) is 9.35. The number of esters is 1. The summed E-state index contributed by atoms with van der Waals surface area (Å²) in [6.07, 6.45) is 25.4. The Bertz CT molecular complexity index is 432. The maximum atomic E-state index is 12.2. The van der Waals surface area contributed by atoms with Crippen molar-refractivity contribution in [2.24, 2.45) is 11.8 Å². The molecule has 0 saturated carbocycles. The van der Waals surface area contributed by atoms with Crippen molar-refractivity contribution in [3.05, 3.63) is 12.2 Å². The third-order valence-electron chi connectivity index (χ3n) is 6.63. The minimum absolute atomic E-state index is 0.0171. The number of unbranched alkanes of at least 4 members (excludes halogenated alkanes) is 5. The fraction of sp³-hybridized carbons (Fsp3) is 0.889. The highest BCUT2D eigenvalue weighted by atomic mass is 16.5. The average Bonchev–Trinajstić information content (AvgIpc) is 2.75. The SMILES string of the molecule is CCCCCC(CCCC)C(/C=C/C1CCCCCCCC(=O)O1)CCCCCO. The normalized spacial score (nSPS) is 20.8. The lowest BCUT2D eigenvalue weighted by molar-refractivity contribution is -0.147. The molecule has 1 aliphatic rings. The molecule has 3 nitrogen and oxygen atoms in total. The first-order valence-corrected chi connectivity index (χ1v) is 13.2. The molecular formula is C27H50O3. The van der Waals surface area contributed by atoms with Crippen LogP contribution in [0.1, 0.15) is 129 Å². The summed E-state index contributed by atoms with van der Waals surface area (Å²) in [5.74, 6) is 1.29. The quantitative estimate of drug-likeness (QED) is 0.167. The van der Waals surface area contributed by atoms with Gasteiger partial charge in [0.1, 0.15) is 6.10 Å². The first-order chi connectivity index (χ1) is 14.7. The van der Waals surface area contributed by atoms with Crippen LogP contribution in [-0.4, -0.2) is 23.8 Å². The summed E-state index contributed by atoms with van der Waals surface area (Å²) in [7, 11) is 0. The molecule has 1 N–H and O–H groups in total. The largest absolute Gasteiger partial charge is 0.458 e. The van der Waals surface area contributed by atoms with Crippen molar-refractivity contribution in [3.8, 4) is 0 Å². The number of carbonyl (C=O) groups is 1. The van der Waals surface area contributed by atoms with Gasteiger partial charge in [-0.1, -0.05) is 84.1 Å². The van der Waals surface area contributed by atoms with Crippen LogP contribution in [0.15, 0.2) is 12.2 Å². The van der Waals surface area contributed by atoms with Gasteiger partial charge >= 0.3 is 5.97 Å². The van der Waals surface area contributed by atoms with Gasteiger partial charge in [-0.05, 0) is 62.9 Å². The molecule has 1 fully saturated rings. The Balaban J connectivity index is 2.80. The molecule has 0 aliphatic carbocycles. The topological polar surface area (TPSA) is 46.5 Å². The van der Waals surface area contributed by atoms with Crippen LogP contribution in [0.2, 0.25) is 0 Å². The maximum absolute atomic E-state index is 12.2. The Morgan fingerprint density at radius 3 is 2.37 bits per heavy atom. The molecule has 1 heterocycles. The summed E-state index contributed by atoms with van der Waals surface area (Å²) in [4.78, 5) is 12.2. The van der Waals surface area contributed by atoms with Crippen LogP contribution in [0, 0.1) is 11.8 Å². The van der Waals surface area contributed by atoms with Gasteiger partial charge in [0.2, 0.25) is 0 Å². The summed E-state index contributed by atoms with van der Waals surface area (Å²) >= 11 is 0. The molecule has 1 rings (SSSR count). The molecule has 3 atom stereocenters. The third kappa shape index (κ3) is 13.5. The van der Waals surface area contributed by atoms with Crippen molar-refractivity contribution in [3.63, 3.8) is 0 Å². The lowest BCUT2D eigenvalue weighted by Crippen LogP contribution is -2.19. The van der Waals surface area contributed by atoms with Crippen LogP contribution in [0.25, 0.3) is 0 Å². The van der Waals surface area contributed by atoms with Gasteiger partial charge in [-0.25, -0.2) is 0 Å². The molecule has 176 valence electrons. The van der Waals surface area contributed by atoms with Crippen LogP contribution < -0.4 is 0 Å². The molecule has 0 radical (unpaired) electrons. The number of aliphatic hydroxyl groups is 1. The Labute approximate surface area is 187 Å². The number of cyclic esters (lactones) is 1. The number of allylic oxidation sites excluding steroid dienone is 1. The minimum Gasteiger partial charge on any atom is -0.458 e. The van der Waals surface area contributed by atoms with Gasteiger partial charge in [0.25, 0.3) is 0 Å². The summed E-state index contributed by atoms with van der Waals surface area (Å²) in [6, 6.07) is 0. The standard InChI is InChI=1S/C27H50O3/c1-3-5-11-17-24(16-6-4-2)25(18-12-10-15-23-28)21-22-26-19-13-8-7-9-14-20-27(29)30-26/h21-22,24-26,28H,3-20,23H2,1-2H3/b22-21+. The maximum Gasteiger partial charge on any atom is 0.306 e. The Morgan fingerprint density at radius 2 is 1.60 bits per heavy atom. The van der Waals surface area contributed by atoms with Gasteiger partial charge in [0, 0.05) is 13.0 Å². The van der Waals surface area contributed by atoms with Gasteiger partial charge < -0.3 is 9.84 Å². The summed E-state index contributed by atoms with van der Waals surface area (Å²) < 4.78 is 5.82. The fourth-order valence-corrected chi connectivity index (χ4v) is 4.69. The van der Waals surface area contributed by atoms with E-state index >= 15 is 0 Å². The molecule has 0 aromatic carbocycles. The van der Waals surface area contributed by atoms with Gasteiger partial charge in [0.15, 0.2) is 0 Å². The summed E-state index contributed by atoms with van der Waals surface area (Å²) in [6.45, 7) is 4.87. The third-order valence-corrected chi connectivity index (χ3v) is 6.63. The van der Waals surface area contributed by atoms with Crippen molar-refractivity contribution < 1.29 is 14.6 Å². The highest BCUT2D eigenvalue weighted by Gasteiger charge is 2.20. The van der Waals surface area contributed by atoms with Crippen LogP contribution in [-0.2, 0) is 9.53 Å². The Kier molecular flexibility index (Phi) is 17.1. The first-order valence-electron chi connectivity index (χ1n) is 13.2. The van der Waals surface area contributed by atoms with Gasteiger partial charge in [-0.15, -0.1) is 0 Å². The van der Waals surface area contributed by atoms with E-state index in [4.69, 9.17) is 9.84 Å². The Hall–Kier alpha value is -0.830. The zero-order chi connectivity index (χ0) is 21.9. The molecule has 1 saturated heterocycles. The lowest BCUT2D eigenvalue weighted by atomic mass is 9.80. The van der Waals surface area contributed by atoms with E-state index in [1.54, 1.807) is 0 Å². The summed E-state index contributed by atoms with van der Waals surface area (Å²) in [5, 5.41) is 9.13. The summed E-state index contributed by atoms with van der Waals surface area (Å²) in [5.41, 5.74) is 0. The molecule has 0 amide bonds. The van der Waals surface area contributed by atoms with E-state index in [0.29, 0.717) is 18.9 Å². The fourth-order valence-electron chi connectivity index (χ4n) is 4.69. The molecular weight excluding hydrogens is 372 g/mol. The molecule has 0 aromatic heterocycles. The van der Waals surface area contributed by atoms with E-state index in [2.05, 4.69) is 26.0 Å². The van der Waals surface area contributed by atoms with E-state index in [-0.39, 0.29) is 12.1 Å². The predicted octanol–water partition coefficient (Wildman–Crippen LogP) is 7.75. The second-order valence-electron chi connectivity index (χ2n) is 9.35. The monoisotopic (exact) mass is 422 g/mol. The van der Waals surface area contributed by atoms with Crippen molar-refractivity contribution in [1.29, 1.82) is 0 Å². The van der Waals surface area contributed by atoms with Crippen molar-refractivity contribution in [2.45, 2.75) is 136 Å². The molecule has 3 unspecified atom stereocenters. The van der Waals surface area contributed by atoms with Crippen molar-refractivity contribution in [1.82, 2.24) is 0 Å². The van der Waals surface area contributed by atoms with Crippen LogP contribution in [0.4, 0.5) is 0 Å². The number of hydrogen-bond donors (Lipinski definition) is 1. The van der Waals surface area contributed by atoms with E-state index in [0.717, 1.165) is 44.4 Å². The minimum atomic E-state index is -0.0435. The van der Waals surface area contributed by atoms with E-state index in [1.165, 1.54) is 70.6 Å². The van der Waals surface area contributed by atoms with E-state index < -0.39 is 0 Å². The van der Waals surface area contributed by atoms with Crippen LogP contribution >= 0.6 is 0 Å². The number of ether oxygens (including phenoxy) is 1. The lowest BCUT2D eigenvalue weighted by Gasteiger charge is -2.26. The number of rotatable bonds is 15. The highest BCUT2D eigenvalue weighted by molar-refractivity contribution is 5.69. The van der Waals surface area contributed by atoms with Crippen molar-refractivity contribution >= 4 is 5.97 Å². The van der Waals surface area contributed by atoms with Gasteiger partial charge in [-0.2, -0.15) is 0 Å². The smallest absolute Gasteiger partial charge is 0.306 e. The molecule has 0 spiro atoms. The molecule has 30 heavy (non-hydrogen) atoms. The van der Waals surface area contributed by atoms with Crippen LogP contribution in [0.3, 0.4) is 0 Å².